The smallest absolute Gasteiger partial charge is 0.262 e. The Morgan fingerprint density at radius 1 is 1.56 bits per heavy atom. The standard InChI is InChI=1S/C13H16N2O3/c1-3-8(2)14-13(17)9-4-5-10-11(6-9)18-7-12(16)15-10/h4-6,8H,3,7H2,1-2H3,(H,14,17)(H,15,16). The fourth-order valence-corrected chi connectivity index (χ4v) is 1.63. The molecule has 1 heterocycles. The monoisotopic (exact) mass is 248 g/mol. The van der Waals surface area contributed by atoms with Gasteiger partial charge < -0.3 is 15.4 Å². The van der Waals surface area contributed by atoms with Gasteiger partial charge in [0.25, 0.3) is 11.8 Å². The molecule has 0 fully saturated rings. The third kappa shape index (κ3) is 2.61. The number of carbonyl (C=O) groups excluding carboxylic acids is 2. The third-order valence-electron chi connectivity index (χ3n) is 2.87. The molecule has 0 saturated carbocycles. The number of benzene rings is 1. The van der Waals surface area contributed by atoms with Crippen molar-refractivity contribution in [3.8, 4) is 5.75 Å². The highest BCUT2D eigenvalue weighted by Gasteiger charge is 2.18. The van der Waals surface area contributed by atoms with Crippen LogP contribution in [0.5, 0.6) is 5.75 Å². The SMILES string of the molecule is CCC(C)NC(=O)c1ccc2c(c1)OCC(=O)N2. The van der Waals surface area contributed by atoms with Crippen LogP contribution in [-0.2, 0) is 4.79 Å². The Balaban J connectivity index is 2.16. The Bertz CT molecular complexity index is 485. The van der Waals surface area contributed by atoms with Crippen molar-refractivity contribution < 1.29 is 14.3 Å². The summed E-state index contributed by atoms with van der Waals surface area (Å²) in [6, 6.07) is 5.13. The molecule has 0 saturated heterocycles. The number of ether oxygens (including phenoxy) is 1. The molecule has 1 unspecified atom stereocenters. The lowest BCUT2D eigenvalue weighted by Crippen LogP contribution is -2.32. The molecule has 0 bridgehead atoms. The summed E-state index contributed by atoms with van der Waals surface area (Å²) in [5, 5.41) is 5.56. The first kappa shape index (κ1) is 12.4. The minimum Gasteiger partial charge on any atom is -0.482 e. The number of rotatable bonds is 3. The van der Waals surface area contributed by atoms with Gasteiger partial charge in [-0.2, -0.15) is 0 Å². The Kier molecular flexibility index (Phi) is 3.50. The van der Waals surface area contributed by atoms with Crippen LogP contribution in [0.4, 0.5) is 5.69 Å². The molecule has 1 aliphatic rings. The summed E-state index contributed by atoms with van der Waals surface area (Å²) >= 11 is 0. The lowest BCUT2D eigenvalue weighted by Gasteiger charge is -2.19. The first-order valence-corrected chi connectivity index (χ1v) is 5.97. The van der Waals surface area contributed by atoms with Gasteiger partial charge in [0.05, 0.1) is 5.69 Å². The molecule has 2 N–H and O–H groups in total. The number of nitrogens with one attached hydrogen (secondary N) is 2. The van der Waals surface area contributed by atoms with E-state index in [9.17, 15) is 9.59 Å². The van der Waals surface area contributed by atoms with Crippen molar-refractivity contribution in [3.63, 3.8) is 0 Å². The molecular weight excluding hydrogens is 232 g/mol. The van der Waals surface area contributed by atoms with Gasteiger partial charge in [-0.15, -0.1) is 0 Å². The van der Waals surface area contributed by atoms with Crippen LogP contribution in [0.2, 0.25) is 0 Å². The quantitative estimate of drug-likeness (QED) is 0.852. The topological polar surface area (TPSA) is 67.4 Å². The van der Waals surface area contributed by atoms with Crippen LogP contribution in [0.25, 0.3) is 0 Å². The van der Waals surface area contributed by atoms with E-state index in [1.54, 1.807) is 18.2 Å². The molecule has 2 amide bonds. The summed E-state index contributed by atoms with van der Waals surface area (Å²) < 4.78 is 5.27. The lowest BCUT2D eigenvalue weighted by molar-refractivity contribution is -0.118. The normalized spacial score (nSPS) is 15.1. The maximum absolute atomic E-state index is 11.9. The predicted molar refractivity (Wildman–Crippen MR) is 67.8 cm³/mol. The van der Waals surface area contributed by atoms with Gasteiger partial charge in [-0.25, -0.2) is 0 Å². The molecule has 0 radical (unpaired) electrons. The second-order valence-electron chi connectivity index (χ2n) is 4.33. The first-order valence-electron chi connectivity index (χ1n) is 5.97. The number of anilines is 1. The number of fused-ring (bicyclic) bond motifs is 1. The van der Waals surface area contributed by atoms with Crippen molar-refractivity contribution in [2.45, 2.75) is 26.3 Å². The van der Waals surface area contributed by atoms with Gasteiger partial charge in [-0.1, -0.05) is 6.92 Å². The highest BCUT2D eigenvalue weighted by Crippen LogP contribution is 2.28. The summed E-state index contributed by atoms with van der Waals surface area (Å²) in [7, 11) is 0. The fourth-order valence-electron chi connectivity index (χ4n) is 1.63. The molecule has 2 rings (SSSR count). The zero-order valence-corrected chi connectivity index (χ0v) is 10.4. The van der Waals surface area contributed by atoms with E-state index < -0.39 is 0 Å². The average molecular weight is 248 g/mol. The molecule has 0 spiro atoms. The summed E-state index contributed by atoms with van der Waals surface area (Å²) in [4.78, 5) is 23.0. The zero-order chi connectivity index (χ0) is 13.1. The Labute approximate surface area is 106 Å². The van der Waals surface area contributed by atoms with Gasteiger partial charge in [-0.3, -0.25) is 9.59 Å². The van der Waals surface area contributed by atoms with Gasteiger partial charge in [0.15, 0.2) is 6.61 Å². The number of hydrogen-bond donors (Lipinski definition) is 2. The average Bonchev–Trinajstić information content (AvgIpc) is 2.37. The van der Waals surface area contributed by atoms with Crippen molar-refractivity contribution >= 4 is 17.5 Å². The van der Waals surface area contributed by atoms with E-state index in [2.05, 4.69) is 10.6 Å². The largest absolute Gasteiger partial charge is 0.482 e. The molecule has 0 aliphatic carbocycles. The van der Waals surface area contributed by atoms with Crippen molar-refractivity contribution in [1.82, 2.24) is 5.32 Å². The van der Waals surface area contributed by atoms with Crippen molar-refractivity contribution in [3.05, 3.63) is 23.8 Å². The Hall–Kier alpha value is -2.04. The van der Waals surface area contributed by atoms with E-state index in [0.717, 1.165) is 6.42 Å². The molecular formula is C13H16N2O3. The predicted octanol–water partition coefficient (Wildman–Crippen LogP) is 1.55. The van der Waals surface area contributed by atoms with Crippen molar-refractivity contribution in [1.29, 1.82) is 0 Å². The molecule has 18 heavy (non-hydrogen) atoms. The van der Waals surface area contributed by atoms with Crippen LogP contribution < -0.4 is 15.4 Å². The van der Waals surface area contributed by atoms with E-state index in [0.29, 0.717) is 17.0 Å². The van der Waals surface area contributed by atoms with E-state index in [4.69, 9.17) is 4.74 Å². The van der Waals surface area contributed by atoms with Gasteiger partial charge in [0, 0.05) is 11.6 Å². The van der Waals surface area contributed by atoms with E-state index in [1.165, 1.54) is 0 Å². The molecule has 0 aromatic heterocycles. The molecule has 1 atom stereocenters. The van der Waals surface area contributed by atoms with Crippen LogP contribution in [-0.4, -0.2) is 24.5 Å². The van der Waals surface area contributed by atoms with Gasteiger partial charge in [-0.05, 0) is 31.5 Å². The number of hydrogen-bond acceptors (Lipinski definition) is 3. The van der Waals surface area contributed by atoms with Crippen LogP contribution in [0.3, 0.4) is 0 Å². The summed E-state index contributed by atoms with van der Waals surface area (Å²) in [5.41, 5.74) is 1.14. The maximum Gasteiger partial charge on any atom is 0.262 e. The fraction of sp³-hybridized carbons (Fsp3) is 0.385. The number of amides is 2. The molecule has 1 aliphatic heterocycles. The molecule has 96 valence electrons. The molecule has 5 nitrogen and oxygen atoms in total. The van der Waals surface area contributed by atoms with Crippen LogP contribution in [0, 0.1) is 0 Å². The highest BCUT2D eigenvalue weighted by molar-refractivity contribution is 5.99. The highest BCUT2D eigenvalue weighted by atomic mass is 16.5. The first-order chi connectivity index (χ1) is 8.60. The minimum absolute atomic E-state index is 0.0105. The maximum atomic E-state index is 11.9. The molecule has 1 aromatic carbocycles. The van der Waals surface area contributed by atoms with E-state index >= 15 is 0 Å². The lowest BCUT2D eigenvalue weighted by atomic mass is 10.1. The summed E-state index contributed by atoms with van der Waals surface area (Å²) in [6.07, 6.45) is 0.878. The second-order valence-corrected chi connectivity index (χ2v) is 4.33. The number of carbonyl (C=O) groups is 2. The second kappa shape index (κ2) is 5.08. The van der Waals surface area contributed by atoms with Gasteiger partial charge in [0.1, 0.15) is 5.75 Å². The zero-order valence-electron chi connectivity index (χ0n) is 10.4. The Morgan fingerprint density at radius 3 is 3.06 bits per heavy atom. The molecule has 5 heteroatoms. The Morgan fingerprint density at radius 2 is 2.33 bits per heavy atom. The van der Waals surface area contributed by atoms with Crippen molar-refractivity contribution in [2.75, 3.05) is 11.9 Å². The van der Waals surface area contributed by atoms with Crippen LogP contribution >= 0.6 is 0 Å². The van der Waals surface area contributed by atoms with Gasteiger partial charge >= 0.3 is 0 Å². The van der Waals surface area contributed by atoms with Crippen LogP contribution in [0.15, 0.2) is 18.2 Å². The third-order valence-corrected chi connectivity index (χ3v) is 2.87. The van der Waals surface area contributed by atoms with E-state index in [1.807, 2.05) is 13.8 Å². The van der Waals surface area contributed by atoms with Crippen molar-refractivity contribution in [2.24, 2.45) is 0 Å². The van der Waals surface area contributed by atoms with E-state index in [-0.39, 0.29) is 24.5 Å². The van der Waals surface area contributed by atoms with Gasteiger partial charge in [0.2, 0.25) is 0 Å². The summed E-state index contributed by atoms with van der Waals surface area (Å²) in [5.74, 6) is 0.221. The minimum atomic E-state index is -0.181. The molecule has 1 aromatic rings. The van der Waals surface area contributed by atoms with Crippen LogP contribution in [0.1, 0.15) is 30.6 Å². The summed E-state index contributed by atoms with van der Waals surface area (Å²) in [6.45, 7) is 3.95.